The molecule has 0 spiro atoms. The molecule has 1 saturated heterocycles. The number of aryl methyl sites for hydroxylation is 1. The zero-order valence-electron chi connectivity index (χ0n) is 11.0. The van der Waals surface area contributed by atoms with Crippen molar-refractivity contribution >= 4 is 6.03 Å². The Kier molecular flexibility index (Phi) is 4.17. The van der Waals surface area contributed by atoms with Crippen LogP contribution in [0.4, 0.5) is 4.79 Å². The third-order valence-corrected chi connectivity index (χ3v) is 3.25. The summed E-state index contributed by atoms with van der Waals surface area (Å²) in [7, 11) is 0. The van der Waals surface area contributed by atoms with Crippen LogP contribution in [0, 0.1) is 6.92 Å². The van der Waals surface area contributed by atoms with Crippen molar-refractivity contribution in [3.05, 3.63) is 11.7 Å². The van der Waals surface area contributed by atoms with Gasteiger partial charge in [-0.2, -0.15) is 4.98 Å². The summed E-state index contributed by atoms with van der Waals surface area (Å²) in [4.78, 5) is 17.9. The van der Waals surface area contributed by atoms with Gasteiger partial charge in [-0.15, -0.1) is 0 Å². The number of rotatable bonds is 3. The molecule has 100 valence electrons. The van der Waals surface area contributed by atoms with Gasteiger partial charge in [-0.3, -0.25) is 0 Å². The number of aromatic nitrogens is 2. The Morgan fingerprint density at radius 3 is 3.06 bits per heavy atom. The summed E-state index contributed by atoms with van der Waals surface area (Å²) in [5.41, 5.74) is 0. The van der Waals surface area contributed by atoms with Crippen molar-refractivity contribution in [3.63, 3.8) is 0 Å². The monoisotopic (exact) mass is 252 g/mol. The molecule has 1 aliphatic rings. The van der Waals surface area contributed by atoms with E-state index in [1.165, 1.54) is 6.42 Å². The molecule has 6 heteroatoms. The SMILES string of the molecule is Cc1noc(CCNC(=O)N2CCCCC2C)n1. The van der Waals surface area contributed by atoms with Crippen LogP contribution in [0.3, 0.4) is 0 Å². The van der Waals surface area contributed by atoms with Gasteiger partial charge >= 0.3 is 6.03 Å². The van der Waals surface area contributed by atoms with Gasteiger partial charge in [-0.25, -0.2) is 4.79 Å². The predicted octanol–water partition coefficient (Wildman–Crippen LogP) is 1.50. The van der Waals surface area contributed by atoms with Crippen LogP contribution in [-0.2, 0) is 6.42 Å². The van der Waals surface area contributed by atoms with Gasteiger partial charge in [0.05, 0.1) is 0 Å². The predicted molar refractivity (Wildman–Crippen MR) is 66.2 cm³/mol. The molecular weight excluding hydrogens is 232 g/mol. The second-order valence-electron chi connectivity index (χ2n) is 4.76. The largest absolute Gasteiger partial charge is 0.339 e. The number of carbonyl (C=O) groups is 1. The van der Waals surface area contributed by atoms with Gasteiger partial charge in [0.25, 0.3) is 0 Å². The zero-order chi connectivity index (χ0) is 13.0. The lowest BCUT2D eigenvalue weighted by Gasteiger charge is -2.33. The summed E-state index contributed by atoms with van der Waals surface area (Å²) in [6.07, 6.45) is 3.98. The molecule has 2 amide bonds. The average molecular weight is 252 g/mol. The summed E-state index contributed by atoms with van der Waals surface area (Å²) in [5.74, 6) is 1.19. The normalized spacial score (nSPS) is 19.9. The summed E-state index contributed by atoms with van der Waals surface area (Å²) in [6.45, 7) is 5.26. The fraction of sp³-hybridized carbons (Fsp3) is 0.750. The van der Waals surface area contributed by atoms with Crippen LogP contribution in [-0.4, -0.2) is 40.2 Å². The van der Waals surface area contributed by atoms with Gasteiger partial charge in [0.2, 0.25) is 5.89 Å². The minimum absolute atomic E-state index is 0.0124. The highest BCUT2D eigenvalue weighted by molar-refractivity contribution is 5.74. The molecule has 1 fully saturated rings. The van der Waals surface area contributed by atoms with Gasteiger partial charge in [-0.1, -0.05) is 5.16 Å². The number of nitrogens with one attached hydrogen (secondary N) is 1. The summed E-state index contributed by atoms with van der Waals surface area (Å²) in [5, 5.41) is 6.61. The molecule has 6 nitrogen and oxygen atoms in total. The van der Waals surface area contributed by atoms with E-state index in [2.05, 4.69) is 22.4 Å². The van der Waals surface area contributed by atoms with E-state index in [1.54, 1.807) is 6.92 Å². The Balaban J connectivity index is 1.74. The molecule has 2 rings (SSSR count). The molecular formula is C12H20N4O2. The van der Waals surface area contributed by atoms with Crippen LogP contribution in [0.25, 0.3) is 0 Å². The van der Waals surface area contributed by atoms with E-state index in [9.17, 15) is 4.79 Å². The lowest BCUT2D eigenvalue weighted by Crippen LogP contribution is -2.47. The molecule has 0 bridgehead atoms. The molecule has 1 N–H and O–H groups in total. The van der Waals surface area contributed by atoms with E-state index in [1.807, 2.05) is 4.90 Å². The molecule has 18 heavy (non-hydrogen) atoms. The third kappa shape index (κ3) is 3.21. The van der Waals surface area contributed by atoms with Crippen molar-refractivity contribution in [1.82, 2.24) is 20.4 Å². The molecule has 1 aromatic rings. The maximum absolute atomic E-state index is 12.0. The van der Waals surface area contributed by atoms with E-state index in [0.29, 0.717) is 30.7 Å². The van der Waals surface area contributed by atoms with E-state index >= 15 is 0 Å². The zero-order valence-corrected chi connectivity index (χ0v) is 11.0. The Labute approximate surface area is 107 Å². The number of hydrogen-bond donors (Lipinski definition) is 1. The van der Waals surface area contributed by atoms with Crippen LogP contribution in [0.2, 0.25) is 0 Å². The minimum atomic E-state index is 0.0124. The van der Waals surface area contributed by atoms with Crippen LogP contribution in [0.1, 0.15) is 37.9 Å². The lowest BCUT2D eigenvalue weighted by molar-refractivity contribution is 0.158. The Morgan fingerprint density at radius 1 is 1.56 bits per heavy atom. The lowest BCUT2D eigenvalue weighted by atomic mass is 10.0. The van der Waals surface area contributed by atoms with Crippen LogP contribution >= 0.6 is 0 Å². The molecule has 0 saturated carbocycles. The standard InChI is InChI=1S/C12H20N4O2/c1-9-5-3-4-8-16(9)12(17)13-7-6-11-14-10(2)15-18-11/h9H,3-8H2,1-2H3,(H,13,17). The van der Waals surface area contributed by atoms with Crippen molar-refractivity contribution in [3.8, 4) is 0 Å². The number of carbonyl (C=O) groups excluding carboxylic acids is 1. The van der Waals surface area contributed by atoms with E-state index in [-0.39, 0.29) is 6.03 Å². The third-order valence-electron chi connectivity index (χ3n) is 3.25. The Hall–Kier alpha value is -1.59. The molecule has 1 atom stereocenters. The minimum Gasteiger partial charge on any atom is -0.339 e. The van der Waals surface area contributed by atoms with Gasteiger partial charge in [0, 0.05) is 25.6 Å². The van der Waals surface area contributed by atoms with Crippen molar-refractivity contribution in [2.24, 2.45) is 0 Å². The molecule has 1 aromatic heterocycles. The van der Waals surface area contributed by atoms with Crippen molar-refractivity contribution < 1.29 is 9.32 Å². The van der Waals surface area contributed by atoms with Gasteiger partial charge in [0.15, 0.2) is 5.82 Å². The number of likely N-dealkylation sites (tertiary alicyclic amines) is 1. The van der Waals surface area contributed by atoms with Crippen molar-refractivity contribution in [1.29, 1.82) is 0 Å². The number of piperidine rings is 1. The molecule has 0 radical (unpaired) electrons. The first kappa shape index (κ1) is 12.9. The number of amides is 2. The van der Waals surface area contributed by atoms with E-state index in [0.717, 1.165) is 19.4 Å². The van der Waals surface area contributed by atoms with Crippen LogP contribution in [0.15, 0.2) is 4.52 Å². The number of hydrogen-bond acceptors (Lipinski definition) is 4. The first-order valence-electron chi connectivity index (χ1n) is 6.50. The number of urea groups is 1. The average Bonchev–Trinajstić information content (AvgIpc) is 2.75. The maximum atomic E-state index is 12.0. The highest BCUT2D eigenvalue weighted by Gasteiger charge is 2.22. The van der Waals surface area contributed by atoms with Gasteiger partial charge < -0.3 is 14.7 Å². The topological polar surface area (TPSA) is 71.3 Å². The summed E-state index contributed by atoms with van der Waals surface area (Å²) >= 11 is 0. The highest BCUT2D eigenvalue weighted by Crippen LogP contribution is 2.15. The molecule has 1 aliphatic heterocycles. The quantitative estimate of drug-likeness (QED) is 0.885. The molecule has 0 aromatic carbocycles. The fourth-order valence-electron chi connectivity index (χ4n) is 2.22. The van der Waals surface area contributed by atoms with Crippen LogP contribution in [0.5, 0.6) is 0 Å². The first-order valence-corrected chi connectivity index (χ1v) is 6.50. The van der Waals surface area contributed by atoms with Gasteiger partial charge in [0.1, 0.15) is 0 Å². The summed E-state index contributed by atoms with van der Waals surface area (Å²) in [6, 6.07) is 0.350. The molecule has 2 heterocycles. The second kappa shape index (κ2) is 5.84. The van der Waals surface area contributed by atoms with Crippen molar-refractivity contribution in [2.45, 2.75) is 45.6 Å². The smallest absolute Gasteiger partial charge is 0.317 e. The summed E-state index contributed by atoms with van der Waals surface area (Å²) < 4.78 is 4.99. The Bertz CT molecular complexity index is 405. The highest BCUT2D eigenvalue weighted by atomic mass is 16.5. The van der Waals surface area contributed by atoms with Gasteiger partial charge in [-0.05, 0) is 33.1 Å². The number of nitrogens with zero attached hydrogens (tertiary/aromatic N) is 3. The van der Waals surface area contributed by atoms with E-state index < -0.39 is 0 Å². The molecule has 1 unspecified atom stereocenters. The maximum Gasteiger partial charge on any atom is 0.317 e. The fourth-order valence-corrected chi connectivity index (χ4v) is 2.22. The Morgan fingerprint density at radius 2 is 2.39 bits per heavy atom. The molecule has 0 aliphatic carbocycles. The van der Waals surface area contributed by atoms with Crippen molar-refractivity contribution in [2.75, 3.05) is 13.1 Å². The van der Waals surface area contributed by atoms with Crippen LogP contribution < -0.4 is 5.32 Å². The first-order chi connectivity index (χ1) is 8.66. The van der Waals surface area contributed by atoms with E-state index in [4.69, 9.17) is 4.52 Å². The second-order valence-corrected chi connectivity index (χ2v) is 4.76.